The lowest BCUT2D eigenvalue weighted by Gasteiger charge is -1.98. The standard InChI is InChI=1S/C10H8ClF2N/c11-4-2-1-3-7-5-8(12)9(13)6-10(7)14/h5-6H,2,4,14H2. The van der Waals surface area contributed by atoms with Gasteiger partial charge in [0.15, 0.2) is 11.6 Å². The predicted octanol–water partition coefficient (Wildman–Crippen LogP) is 2.53. The fourth-order valence-corrected chi connectivity index (χ4v) is 0.970. The first-order valence-corrected chi connectivity index (χ1v) is 4.48. The van der Waals surface area contributed by atoms with E-state index in [-0.39, 0.29) is 11.3 Å². The van der Waals surface area contributed by atoms with E-state index in [1.807, 2.05) is 0 Å². The van der Waals surface area contributed by atoms with Crippen molar-refractivity contribution in [1.29, 1.82) is 0 Å². The summed E-state index contributed by atoms with van der Waals surface area (Å²) in [6, 6.07) is 1.89. The Morgan fingerprint density at radius 2 is 1.93 bits per heavy atom. The van der Waals surface area contributed by atoms with Gasteiger partial charge in [-0.15, -0.1) is 11.6 Å². The van der Waals surface area contributed by atoms with Crippen molar-refractivity contribution >= 4 is 17.3 Å². The lowest BCUT2D eigenvalue weighted by atomic mass is 10.1. The number of alkyl halides is 1. The van der Waals surface area contributed by atoms with Gasteiger partial charge in [0, 0.05) is 18.4 Å². The van der Waals surface area contributed by atoms with Crippen molar-refractivity contribution in [3.8, 4) is 11.8 Å². The van der Waals surface area contributed by atoms with Crippen LogP contribution in [-0.2, 0) is 0 Å². The van der Waals surface area contributed by atoms with Crippen LogP contribution < -0.4 is 5.73 Å². The van der Waals surface area contributed by atoms with Crippen LogP contribution in [0.5, 0.6) is 0 Å². The molecule has 0 atom stereocenters. The van der Waals surface area contributed by atoms with E-state index in [9.17, 15) is 8.78 Å². The van der Waals surface area contributed by atoms with Crippen LogP contribution in [0.25, 0.3) is 0 Å². The number of hydrogen-bond donors (Lipinski definition) is 1. The summed E-state index contributed by atoms with van der Waals surface area (Å²) < 4.78 is 25.4. The Morgan fingerprint density at radius 3 is 2.57 bits per heavy atom. The molecule has 0 fully saturated rings. The maximum Gasteiger partial charge on any atom is 0.160 e. The van der Waals surface area contributed by atoms with Gasteiger partial charge >= 0.3 is 0 Å². The SMILES string of the molecule is Nc1cc(F)c(F)cc1C#CCCCl. The molecule has 1 rings (SSSR count). The molecule has 0 aromatic heterocycles. The third kappa shape index (κ3) is 2.61. The summed E-state index contributed by atoms with van der Waals surface area (Å²) in [6.45, 7) is 0. The van der Waals surface area contributed by atoms with Crippen molar-refractivity contribution < 1.29 is 8.78 Å². The highest BCUT2D eigenvalue weighted by Crippen LogP contribution is 2.15. The number of rotatable bonds is 1. The van der Waals surface area contributed by atoms with Crippen LogP contribution in [0.3, 0.4) is 0 Å². The molecular weight excluding hydrogens is 208 g/mol. The number of nitrogen functional groups attached to an aromatic ring is 1. The number of benzene rings is 1. The molecule has 0 unspecified atom stereocenters. The normalized spacial score (nSPS) is 9.36. The van der Waals surface area contributed by atoms with Gasteiger partial charge in [0.1, 0.15) is 0 Å². The van der Waals surface area contributed by atoms with Crippen molar-refractivity contribution in [3.63, 3.8) is 0 Å². The number of halogens is 3. The van der Waals surface area contributed by atoms with Gasteiger partial charge in [-0.3, -0.25) is 0 Å². The summed E-state index contributed by atoms with van der Waals surface area (Å²) >= 11 is 5.40. The van der Waals surface area contributed by atoms with Crippen molar-refractivity contribution in [2.24, 2.45) is 0 Å². The Morgan fingerprint density at radius 1 is 1.29 bits per heavy atom. The van der Waals surface area contributed by atoms with Crippen LogP contribution in [0.4, 0.5) is 14.5 Å². The largest absolute Gasteiger partial charge is 0.398 e. The first kappa shape index (κ1) is 10.8. The minimum absolute atomic E-state index is 0.131. The van der Waals surface area contributed by atoms with Gasteiger partial charge in [0.05, 0.1) is 11.3 Å². The predicted molar refractivity (Wildman–Crippen MR) is 53.0 cm³/mol. The molecule has 0 heterocycles. The minimum Gasteiger partial charge on any atom is -0.398 e. The molecule has 0 spiro atoms. The van der Waals surface area contributed by atoms with E-state index in [0.29, 0.717) is 12.3 Å². The maximum absolute atomic E-state index is 12.7. The zero-order valence-corrected chi connectivity index (χ0v) is 8.04. The second-order valence-electron chi connectivity index (χ2n) is 2.59. The smallest absolute Gasteiger partial charge is 0.160 e. The van der Waals surface area contributed by atoms with Crippen molar-refractivity contribution in [2.45, 2.75) is 6.42 Å². The van der Waals surface area contributed by atoms with E-state index in [4.69, 9.17) is 17.3 Å². The number of anilines is 1. The Kier molecular flexibility index (Phi) is 3.73. The monoisotopic (exact) mass is 215 g/mol. The highest BCUT2D eigenvalue weighted by atomic mass is 35.5. The lowest BCUT2D eigenvalue weighted by Crippen LogP contribution is -1.94. The molecule has 2 N–H and O–H groups in total. The van der Waals surface area contributed by atoms with Gasteiger partial charge in [-0.05, 0) is 6.07 Å². The van der Waals surface area contributed by atoms with E-state index < -0.39 is 11.6 Å². The zero-order chi connectivity index (χ0) is 10.6. The van der Waals surface area contributed by atoms with E-state index in [0.717, 1.165) is 12.1 Å². The van der Waals surface area contributed by atoms with Gasteiger partial charge in [-0.1, -0.05) is 11.8 Å². The summed E-state index contributed by atoms with van der Waals surface area (Å²) in [5.74, 6) is 3.79. The molecular formula is C10H8ClF2N. The highest BCUT2D eigenvalue weighted by Gasteiger charge is 2.05. The third-order valence-corrected chi connectivity index (χ3v) is 1.72. The van der Waals surface area contributed by atoms with Crippen molar-refractivity contribution in [1.82, 2.24) is 0 Å². The molecule has 0 aliphatic heterocycles. The van der Waals surface area contributed by atoms with Crippen LogP contribution in [0.15, 0.2) is 12.1 Å². The van der Waals surface area contributed by atoms with Crippen LogP contribution in [0.1, 0.15) is 12.0 Å². The third-order valence-electron chi connectivity index (χ3n) is 1.53. The van der Waals surface area contributed by atoms with Gasteiger partial charge in [-0.2, -0.15) is 0 Å². The summed E-state index contributed by atoms with van der Waals surface area (Å²) in [7, 11) is 0. The fraction of sp³-hybridized carbons (Fsp3) is 0.200. The minimum atomic E-state index is -0.967. The molecule has 0 bridgehead atoms. The molecule has 74 valence electrons. The average Bonchev–Trinajstić information content (AvgIpc) is 2.14. The first-order chi connectivity index (χ1) is 6.65. The molecule has 1 aromatic rings. The second-order valence-corrected chi connectivity index (χ2v) is 2.97. The lowest BCUT2D eigenvalue weighted by molar-refractivity contribution is 0.509. The summed E-state index contributed by atoms with van der Waals surface area (Å²) in [5.41, 5.74) is 5.85. The molecule has 0 aliphatic carbocycles. The van der Waals surface area contributed by atoms with Crippen LogP contribution in [0, 0.1) is 23.5 Å². The number of hydrogen-bond acceptors (Lipinski definition) is 1. The number of nitrogens with two attached hydrogens (primary N) is 1. The van der Waals surface area contributed by atoms with Gasteiger partial charge in [0.25, 0.3) is 0 Å². The van der Waals surface area contributed by atoms with Gasteiger partial charge in [-0.25, -0.2) is 8.78 Å². The molecule has 0 radical (unpaired) electrons. The second kappa shape index (κ2) is 4.83. The topological polar surface area (TPSA) is 26.0 Å². The summed E-state index contributed by atoms with van der Waals surface area (Å²) in [5, 5.41) is 0. The van der Waals surface area contributed by atoms with Gasteiger partial charge < -0.3 is 5.73 Å². The molecule has 1 nitrogen and oxygen atoms in total. The average molecular weight is 216 g/mol. The van der Waals surface area contributed by atoms with Gasteiger partial charge in [0.2, 0.25) is 0 Å². The van der Waals surface area contributed by atoms with E-state index in [1.54, 1.807) is 0 Å². The molecule has 0 amide bonds. The maximum atomic E-state index is 12.7. The molecule has 1 aromatic carbocycles. The Bertz CT molecular complexity index is 393. The van der Waals surface area contributed by atoms with Crippen LogP contribution >= 0.6 is 11.6 Å². The fourth-order valence-electron chi connectivity index (χ4n) is 0.875. The van der Waals surface area contributed by atoms with Crippen LogP contribution in [0.2, 0.25) is 0 Å². The Balaban J connectivity index is 3.00. The Labute approximate surface area is 85.9 Å². The quantitative estimate of drug-likeness (QED) is 0.435. The van der Waals surface area contributed by atoms with E-state index >= 15 is 0 Å². The highest BCUT2D eigenvalue weighted by molar-refractivity contribution is 6.18. The van der Waals surface area contributed by atoms with E-state index in [1.165, 1.54) is 0 Å². The van der Waals surface area contributed by atoms with E-state index in [2.05, 4.69) is 11.8 Å². The molecule has 14 heavy (non-hydrogen) atoms. The first-order valence-electron chi connectivity index (χ1n) is 3.94. The Hall–Kier alpha value is -1.27. The molecule has 0 aliphatic rings. The van der Waals surface area contributed by atoms with Crippen molar-refractivity contribution in [2.75, 3.05) is 11.6 Å². The molecule has 0 saturated carbocycles. The summed E-state index contributed by atoms with van der Waals surface area (Å²) in [6.07, 6.45) is 0.486. The van der Waals surface area contributed by atoms with Crippen molar-refractivity contribution in [3.05, 3.63) is 29.3 Å². The molecule has 0 saturated heterocycles. The summed E-state index contributed by atoms with van der Waals surface area (Å²) in [4.78, 5) is 0. The zero-order valence-electron chi connectivity index (χ0n) is 7.28. The molecule has 4 heteroatoms. The van der Waals surface area contributed by atoms with Crippen LogP contribution in [-0.4, -0.2) is 5.88 Å².